The number of ketones is 2. The molecular weight excluding hydrogens is 364 g/mol. The zero-order valence-electron chi connectivity index (χ0n) is 23.5. The molecule has 156 valence electrons. The Kier molecular flexibility index (Phi) is 3.05. The summed E-state index contributed by atoms with van der Waals surface area (Å²) in [5.74, 6) is -3.30. The van der Waals surface area contributed by atoms with Gasteiger partial charge in [-0.2, -0.15) is 0 Å². The van der Waals surface area contributed by atoms with Crippen LogP contribution in [0.1, 0.15) is 74.8 Å². The molecule has 0 bridgehead atoms. The third-order valence-electron chi connectivity index (χ3n) is 8.19. The quantitative estimate of drug-likeness (QED) is 0.494. The topological polar surface area (TPSA) is 60.4 Å². The van der Waals surface area contributed by atoms with Crippen LogP contribution in [0, 0.1) is 28.6 Å². The fourth-order valence-electron chi connectivity index (χ4n) is 6.89. The van der Waals surface area contributed by atoms with Crippen LogP contribution in [0.25, 0.3) is 0 Å². The second-order valence-corrected chi connectivity index (χ2v) is 9.61. The molecular formula is C25H32O4. The molecule has 4 heteroatoms. The van der Waals surface area contributed by atoms with Crippen LogP contribution in [0.3, 0.4) is 0 Å². The molecule has 0 radical (unpaired) electrons. The highest BCUT2D eigenvalue weighted by Crippen LogP contribution is 2.68. The summed E-state index contributed by atoms with van der Waals surface area (Å²) in [6.45, 7) is 7.74. The van der Waals surface area contributed by atoms with Gasteiger partial charge >= 0.3 is 5.97 Å². The van der Waals surface area contributed by atoms with Gasteiger partial charge in [-0.05, 0) is 79.8 Å². The lowest BCUT2D eigenvalue weighted by Crippen LogP contribution is -2.58. The lowest BCUT2D eigenvalue weighted by molar-refractivity contribution is -0.179. The average Bonchev–Trinajstić information content (AvgIpc) is 2.92. The Morgan fingerprint density at radius 2 is 2.07 bits per heavy atom. The molecule has 0 N–H and O–H groups in total. The molecule has 4 aliphatic carbocycles. The Labute approximate surface area is 181 Å². The van der Waals surface area contributed by atoms with Gasteiger partial charge in [0.25, 0.3) is 0 Å². The molecule has 0 saturated heterocycles. The molecule has 0 aromatic carbocycles. The van der Waals surface area contributed by atoms with Crippen LogP contribution in [0.15, 0.2) is 35.4 Å². The first-order chi connectivity index (χ1) is 15.8. The van der Waals surface area contributed by atoms with E-state index in [1.54, 1.807) is 6.92 Å². The van der Waals surface area contributed by atoms with Crippen LogP contribution in [0.4, 0.5) is 0 Å². The van der Waals surface area contributed by atoms with E-state index in [0.29, 0.717) is 18.4 Å². The minimum atomic E-state index is -2.99. The van der Waals surface area contributed by atoms with Crippen molar-refractivity contribution in [2.45, 2.75) is 72.2 Å². The van der Waals surface area contributed by atoms with Gasteiger partial charge in [0.15, 0.2) is 17.2 Å². The van der Waals surface area contributed by atoms with Crippen LogP contribution in [-0.4, -0.2) is 23.1 Å². The number of allylic oxidation sites excluding steroid dienone is 4. The molecule has 2 fully saturated rings. The zero-order valence-corrected chi connectivity index (χ0v) is 17.5. The number of fused-ring (bicyclic) bond motifs is 5. The summed E-state index contributed by atoms with van der Waals surface area (Å²) in [6.07, 6.45) is 0.915. The Hall–Kier alpha value is -1.97. The first-order valence-corrected chi connectivity index (χ1v) is 10.2. The van der Waals surface area contributed by atoms with Gasteiger partial charge in [0.05, 0.1) is 1.37 Å². The first-order valence-electron chi connectivity index (χ1n) is 13.2. The summed E-state index contributed by atoms with van der Waals surface area (Å²) >= 11 is 0. The number of ether oxygens (including phenoxy) is 1. The Balaban J connectivity index is 1.90. The predicted molar refractivity (Wildman–Crippen MR) is 111 cm³/mol. The summed E-state index contributed by atoms with van der Waals surface area (Å²) < 4.78 is 54.3. The van der Waals surface area contributed by atoms with Crippen molar-refractivity contribution >= 4 is 17.5 Å². The highest BCUT2D eigenvalue weighted by Gasteiger charge is 2.69. The molecule has 6 atom stereocenters. The lowest BCUT2D eigenvalue weighted by atomic mass is 9.47. The number of carbonyl (C=O) groups is 3. The van der Waals surface area contributed by atoms with E-state index in [-0.39, 0.29) is 42.2 Å². The summed E-state index contributed by atoms with van der Waals surface area (Å²) in [7, 11) is 0. The summed E-state index contributed by atoms with van der Waals surface area (Å²) in [4.78, 5) is 38.2. The largest absolute Gasteiger partial charge is 0.446 e. The maximum absolute atomic E-state index is 13.4. The van der Waals surface area contributed by atoms with E-state index in [1.165, 1.54) is 0 Å². The summed E-state index contributed by atoms with van der Waals surface area (Å²) in [6, 6.07) is -0.285. The molecule has 0 aromatic heterocycles. The van der Waals surface area contributed by atoms with E-state index in [9.17, 15) is 14.4 Å². The van der Waals surface area contributed by atoms with E-state index < -0.39 is 47.2 Å². The highest BCUT2D eigenvalue weighted by molar-refractivity contribution is 5.93. The third kappa shape index (κ3) is 2.47. The van der Waals surface area contributed by atoms with Crippen LogP contribution < -0.4 is 0 Å². The monoisotopic (exact) mass is 402 g/mol. The molecule has 0 spiro atoms. The van der Waals surface area contributed by atoms with Gasteiger partial charge in [0.2, 0.25) is 0 Å². The van der Waals surface area contributed by atoms with Crippen LogP contribution in [0.5, 0.6) is 0 Å². The highest BCUT2D eigenvalue weighted by atomic mass is 16.6. The van der Waals surface area contributed by atoms with Crippen molar-refractivity contribution in [2.75, 3.05) is 0 Å². The predicted octanol–water partition coefficient (Wildman–Crippen LogP) is 4.74. The normalized spacial score (nSPS) is 49.1. The molecule has 29 heavy (non-hydrogen) atoms. The van der Waals surface area contributed by atoms with Crippen molar-refractivity contribution in [1.29, 1.82) is 0 Å². The number of rotatable bonds is 2. The van der Waals surface area contributed by atoms with Crippen LogP contribution in [-0.2, 0) is 19.1 Å². The fourth-order valence-corrected chi connectivity index (χ4v) is 6.89. The van der Waals surface area contributed by atoms with Gasteiger partial charge < -0.3 is 4.74 Å². The Morgan fingerprint density at radius 3 is 2.72 bits per heavy atom. The second-order valence-electron chi connectivity index (χ2n) is 9.61. The van der Waals surface area contributed by atoms with E-state index in [2.05, 4.69) is 6.58 Å². The van der Waals surface area contributed by atoms with E-state index in [1.807, 2.05) is 19.9 Å². The van der Waals surface area contributed by atoms with Crippen molar-refractivity contribution in [3.05, 3.63) is 35.4 Å². The fraction of sp³-hybridized carbons (Fsp3) is 0.640. The van der Waals surface area contributed by atoms with Crippen molar-refractivity contribution in [1.82, 2.24) is 0 Å². The van der Waals surface area contributed by atoms with Gasteiger partial charge in [0.1, 0.15) is 0 Å². The van der Waals surface area contributed by atoms with Crippen molar-refractivity contribution < 1.29 is 27.3 Å². The standard InChI is InChI=1S/C25H32O4/c1-14-11-19-20(23(5)9-7-18(28)13-21(14)23)8-10-24(6)22(19)12-15(2)25(24,16(3)26)29-17(4)27/h11,13,19-20,22H,2,7-10,12H2,1,3-6H3/t19-,20+,22+,23-,24+,25+/m1/s1/i3D3,7D2,13D. The van der Waals surface area contributed by atoms with Gasteiger partial charge in [-0.25, -0.2) is 0 Å². The molecule has 4 nitrogen and oxygen atoms in total. The summed E-state index contributed by atoms with van der Waals surface area (Å²) in [5.41, 5.74) is -2.20. The van der Waals surface area contributed by atoms with E-state index >= 15 is 0 Å². The molecule has 0 amide bonds. The minimum absolute atomic E-state index is 0.0451. The van der Waals surface area contributed by atoms with Crippen molar-refractivity contribution in [3.63, 3.8) is 0 Å². The number of Topliss-reactive ketones (excluding diaryl/α,β-unsaturated/α-hetero) is 1. The lowest BCUT2D eigenvalue weighted by Gasteiger charge is -2.57. The molecule has 2 saturated carbocycles. The maximum Gasteiger partial charge on any atom is 0.303 e. The Morgan fingerprint density at radius 1 is 1.34 bits per heavy atom. The van der Waals surface area contributed by atoms with E-state index in [0.717, 1.165) is 12.5 Å². The number of carbonyl (C=O) groups excluding carboxylic acids is 3. The average molecular weight is 403 g/mol. The number of esters is 1. The minimum Gasteiger partial charge on any atom is -0.446 e. The van der Waals surface area contributed by atoms with Crippen molar-refractivity contribution in [2.24, 2.45) is 28.6 Å². The van der Waals surface area contributed by atoms with Crippen molar-refractivity contribution in [3.8, 4) is 0 Å². The molecule has 4 rings (SSSR count). The molecule has 0 unspecified atom stereocenters. The molecule has 4 aliphatic rings. The Bertz CT molecular complexity index is 1120. The summed E-state index contributed by atoms with van der Waals surface area (Å²) in [5, 5.41) is 0. The molecule has 0 aliphatic heterocycles. The smallest absolute Gasteiger partial charge is 0.303 e. The number of hydrogen-bond donors (Lipinski definition) is 0. The zero-order chi connectivity index (χ0) is 26.5. The van der Waals surface area contributed by atoms with Crippen LogP contribution in [0.2, 0.25) is 0 Å². The van der Waals surface area contributed by atoms with Gasteiger partial charge in [-0.3, -0.25) is 14.4 Å². The van der Waals surface area contributed by atoms with E-state index in [4.69, 9.17) is 13.0 Å². The molecule has 0 heterocycles. The maximum atomic E-state index is 13.4. The SMILES string of the molecule is [2H]C1=C2C(C)=C[C@@H]3[C@H](CC[C@@]4(C)[C@H]3CC(=C)[C@]4(OC(C)=O)C(=O)C([2H])([2H])[2H])[C@@]2(C)CC([2H])([2H])C1=O. The second kappa shape index (κ2) is 6.26. The van der Waals surface area contributed by atoms with Gasteiger partial charge in [0, 0.05) is 25.6 Å². The van der Waals surface area contributed by atoms with Gasteiger partial charge in [-0.15, -0.1) is 0 Å². The first kappa shape index (κ1) is 14.1. The van der Waals surface area contributed by atoms with Gasteiger partial charge in [-0.1, -0.05) is 32.1 Å². The van der Waals surface area contributed by atoms with Crippen LogP contribution >= 0.6 is 0 Å². The third-order valence-corrected chi connectivity index (χ3v) is 8.19. The molecule has 0 aromatic rings. The number of hydrogen-bond acceptors (Lipinski definition) is 4.